The molecule has 0 saturated heterocycles. The van der Waals surface area contributed by atoms with E-state index in [1.165, 1.54) is 24.0 Å². The zero-order valence-corrected chi connectivity index (χ0v) is 12.6. The molecule has 1 aromatic rings. The lowest BCUT2D eigenvalue weighted by Crippen LogP contribution is -2.52. The molecule has 1 N–H and O–H groups in total. The average molecular weight is 284 g/mol. The van der Waals surface area contributed by atoms with Crippen molar-refractivity contribution in [3.05, 3.63) is 48.0 Å². The Labute approximate surface area is 127 Å². The van der Waals surface area contributed by atoms with E-state index >= 15 is 0 Å². The molecule has 3 heteroatoms. The summed E-state index contributed by atoms with van der Waals surface area (Å²) in [6.45, 7) is 5.28. The average Bonchev–Trinajstić information content (AvgIpc) is 3.05. The van der Waals surface area contributed by atoms with E-state index in [2.05, 4.69) is 36.2 Å². The van der Waals surface area contributed by atoms with Crippen LogP contribution < -0.4 is 5.32 Å². The highest BCUT2D eigenvalue weighted by atomic mass is 16.2. The molecule has 0 unspecified atom stereocenters. The molecule has 1 heterocycles. The highest BCUT2D eigenvalue weighted by molar-refractivity contribution is 5.83. The predicted octanol–water partition coefficient (Wildman–Crippen LogP) is 2.66. The number of carbonyl (C=O) groups excluding carboxylic acids is 1. The lowest BCUT2D eigenvalue weighted by Gasteiger charge is -2.34. The summed E-state index contributed by atoms with van der Waals surface area (Å²) < 4.78 is 0. The van der Waals surface area contributed by atoms with Crippen molar-refractivity contribution < 1.29 is 4.79 Å². The normalized spacial score (nSPS) is 21.8. The molecule has 1 atom stereocenters. The van der Waals surface area contributed by atoms with Gasteiger partial charge >= 0.3 is 0 Å². The first-order chi connectivity index (χ1) is 10.3. The first kappa shape index (κ1) is 14.3. The number of rotatable bonds is 4. The lowest BCUT2D eigenvalue weighted by atomic mass is 9.95. The van der Waals surface area contributed by atoms with E-state index in [0.29, 0.717) is 12.6 Å². The van der Waals surface area contributed by atoms with Gasteiger partial charge in [-0.05, 0) is 30.4 Å². The molecular formula is C18H24N2O. The van der Waals surface area contributed by atoms with Crippen LogP contribution in [0.15, 0.2) is 36.9 Å². The van der Waals surface area contributed by atoms with Crippen LogP contribution in [-0.4, -0.2) is 29.4 Å². The van der Waals surface area contributed by atoms with Crippen molar-refractivity contribution in [2.45, 2.75) is 50.7 Å². The van der Waals surface area contributed by atoms with Crippen LogP contribution in [0.25, 0.3) is 0 Å². The summed E-state index contributed by atoms with van der Waals surface area (Å²) in [5.41, 5.74) is 2.62. The molecule has 1 saturated carbocycles. The summed E-state index contributed by atoms with van der Waals surface area (Å²) in [6, 6.07) is 8.73. The van der Waals surface area contributed by atoms with Gasteiger partial charge in [-0.15, -0.1) is 6.58 Å². The molecule has 0 bridgehead atoms. The maximum atomic E-state index is 12.9. The number of nitrogens with one attached hydrogen (secondary N) is 1. The third kappa shape index (κ3) is 3.03. The standard InChI is InChI=1S/C18H24N2O/c1-2-11-20(16-9-5-6-10-16)18(21)17-12-14-7-3-4-8-15(14)13-19-17/h2-4,7-8,16-17,19H,1,5-6,9-13H2/t17-/m1/s1. The van der Waals surface area contributed by atoms with Crippen molar-refractivity contribution in [3.8, 4) is 0 Å². The largest absolute Gasteiger partial charge is 0.335 e. The molecule has 112 valence electrons. The van der Waals surface area contributed by atoms with Crippen LogP contribution >= 0.6 is 0 Å². The summed E-state index contributed by atoms with van der Waals surface area (Å²) >= 11 is 0. The Bertz CT molecular complexity index is 520. The second kappa shape index (κ2) is 6.44. The molecule has 2 aliphatic rings. The summed E-state index contributed by atoms with van der Waals surface area (Å²) in [5.74, 6) is 0.247. The highest BCUT2D eigenvalue weighted by Crippen LogP contribution is 2.25. The fourth-order valence-corrected chi connectivity index (χ4v) is 3.60. The van der Waals surface area contributed by atoms with Gasteiger partial charge in [0.2, 0.25) is 5.91 Å². The van der Waals surface area contributed by atoms with Gasteiger partial charge in [-0.2, -0.15) is 0 Å². The minimum absolute atomic E-state index is 0.0829. The molecule has 1 amide bonds. The van der Waals surface area contributed by atoms with Gasteiger partial charge in [-0.25, -0.2) is 0 Å². The second-order valence-electron chi connectivity index (χ2n) is 6.12. The predicted molar refractivity (Wildman–Crippen MR) is 84.9 cm³/mol. The lowest BCUT2D eigenvalue weighted by molar-refractivity contribution is -0.135. The molecule has 0 aromatic heterocycles. The highest BCUT2D eigenvalue weighted by Gasteiger charge is 2.32. The topological polar surface area (TPSA) is 32.3 Å². The molecule has 1 fully saturated rings. The Morgan fingerprint density at radius 3 is 2.71 bits per heavy atom. The monoisotopic (exact) mass is 284 g/mol. The quantitative estimate of drug-likeness (QED) is 0.862. The number of benzene rings is 1. The Balaban J connectivity index is 1.73. The van der Waals surface area contributed by atoms with E-state index in [9.17, 15) is 4.79 Å². The minimum Gasteiger partial charge on any atom is -0.335 e. The van der Waals surface area contributed by atoms with Crippen LogP contribution in [0.2, 0.25) is 0 Å². The fraction of sp³-hybridized carbons (Fsp3) is 0.500. The van der Waals surface area contributed by atoms with Crippen LogP contribution in [0.4, 0.5) is 0 Å². The number of hydrogen-bond donors (Lipinski definition) is 1. The zero-order valence-electron chi connectivity index (χ0n) is 12.6. The summed E-state index contributed by atoms with van der Waals surface area (Å²) in [7, 11) is 0. The van der Waals surface area contributed by atoms with Crippen molar-refractivity contribution >= 4 is 5.91 Å². The Hall–Kier alpha value is -1.61. The molecule has 0 radical (unpaired) electrons. The molecule has 3 rings (SSSR count). The van der Waals surface area contributed by atoms with E-state index in [0.717, 1.165) is 25.8 Å². The molecule has 1 aliphatic carbocycles. The van der Waals surface area contributed by atoms with Crippen molar-refractivity contribution in [3.63, 3.8) is 0 Å². The number of fused-ring (bicyclic) bond motifs is 1. The first-order valence-electron chi connectivity index (χ1n) is 8.01. The van der Waals surface area contributed by atoms with E-state index in [-0.39, 0.29) is 11.9 Å². The van der Waals surface area contributed by atoms with Crippen LogP contribution in [0.3, 0.4) is 0 Å². The third-order valence-corrected chi connectivity index (χ3v) is 4.75. The fourth-order valence-electron chi connectivity index (χ4n) is 3.60. The van der Waals surface area contributed by atoms with E-state index in [1.807, 2.05) is 11.0 Å². The smallest absolute Gasteiger partial charge is 0.240 e. The van der Waals surface area contributed by atoms with Gasteiger partial charge in [-0.1, -0.05) is 43.2 Å². The summed E-state index contributed by atoms with van der Waals surface area (Å²) in [4.78, 5) is 14.9. The first-order valence-corrected chi connectivity index (χ1v) is 8.01. The molecule has 21 heavy (non-hydrogen) atoms. The number of amides is 1. The second-order valence-corrected chi connectivity index (χ2v) is 6.12. The van der Waals surface area contributed by atoms with Crippen molar-refractivity contribution in [2.24, 2.45) is 0 Å². The molecular weight excluding hydrogens is 260 g/mol. The van der Waals surface area contributed by atoms with Gasteiger partial charge in [0.15, 0.2) is 0 Å². The van der Waals surface area contributed by atoms with Crippen LogP contribution in [-0.2, 0) is 17.8 Å². The van der Waals surface area contributed by atoms with E-state index in [1.54, 1.807) is 0 Å². The SMILES string of the molecule is C=CCN(C(=O)[C@H]1Cc2ccccc2CN1)C1CCCC1. The van der Waals surface area contributed by atoms with E-state index in [4.69, 9.17) is 0 Å². The van der Waals surface area contributed by atoms with Gasteiger partial charge in [0.05, 0.1) is 6.04 Å². The summed E-state index contributed by atoms with van der Waals surface area (Å²) in [6.07, 6.45) is 7.42. The van der Waals surface area contributed by atoms with Gasteiger partial charge in [0, 0.05) is 19.1 Å². The Kier molecular flexibility index (Phi) is 4.39. The molecule has 3 nitrogen and oxygen atoms in total. The van der Waals surface area contributed by atoms with Crippen LogP contribution in [0.1, 0.15) is 36.8 Å². The number of nitrogens with zero attached hydrogens (tertiary/aromatic N) is 1. The molecule has 1 aromatic carbocycles. The van der Waals surface area contributed by atoms with Gasteiger partial charge < -0.3 is 10.2 Å². The number of hydrogen-bond acceptors (Lipinski definition) is 2. The zero-order chi connectivity index (χ0) is 14.7. The van der Waals surface area contributed by atoms with Crippen molar-refractivity contribution in [1.82, 2.24) is 10.2 Å². The summed E-state index contributed by atoms with van der Waals surface area (Å²) in [5, 5.41) is 3.41. The third-order valence-electron chi connectivity index (χ3n) is 4.75. The maximum Gasteiger partial charge on any atom is 0.240 e. The van der Waals surface area contributed by atoms with Crippen molar-refractivity contribution in [1.29, 1.82) is 0 Å². The number of carbonyl (C=O) groups is 1. The van der Waals surface area contributed by atoms with E-state index < -0.39 is 0 Å². The van der Waals surface area contributed by atoms with Crippen LogP contribution in [0.5, 0.6) is 0 Å². The molecule has 0 spiro atoms. The molecule has 1 aliphatic heterocycles. The van der Waals surface area contributed by atoms with Gasteiger partial charge in [-0.3, -0.25) is 4.79 Å². The maximum absolute atomic E-state index is 12.9. The van der Waals surface area contributed by atoms with Gasteiger partial charge in [0.25, 0.3) is 0 Å². The van der Waals surface area contributed by atoms with Gasteiger partial charge in [0.1, 0.15) is 0 Å². The van der Waals surface area contributed by atoms with Crippen molar-refractivity contribution in [2.75, 3.05) is 6.54 Å². The van der Waals surface area contributed by atoms with Crippen LogP contribution in [0, 0.1) is 0 Å². The Morgan fingerprint density at radius 1 is 1.29 bits per heavy atom. The minimum atomic E-state index is -0.0829. The Morgan fingerprint density at radius 2 is 2.00 bits per heavy atom.